The third-order valence-electron chi connectivity index (χ3n) is 1.29. The van der Waals surface area contributed by atoms with Gasteiger partial charge in [0.05, 0.1) is 10.2 Å². The normalized spacial score (nSPS) is 11.8. The van der Waals surface area contributed by atoms with Gasteiger partial charge in [0.1, 0.15) is 0 Å². The maximum absolute atomic E-state index is 4.36. The highest BCUT2D eigenvalue weighted by Gasteiger charge is 2.14. The largest absolute Gasteiger partial charge is 0.230 e. The van der Waals surface area contributed by atoms with Gasteiger partial charge in [0.25, 0.3) is 0 Å². The average molecular weight is 261 g/mol. The Kier molecular flexibility index (Phi) is 3.35. The molecule has 0 amide bonds. The third kappa shape index (κ3) is 3.65. The zero-order valence-corrected chi connectivity index (χ0v) is 10.7. The Hall–Kier alpha value is -0.0900. The van der Waals surface area contributed by atoms with E-state index in [0.29, 0.717) is 0 Å². The van der Waals surface area contributed by atoms with Crippen LogP contribution in [0.2, 0.25) is 0 Å². The lowest BCUT2D eigenvalue weighted by atomic mass is 10.3. The molecule has 0 atom stereocenters. The van der Waals surface area contributed by atoms with Crippen LogP contribution in [-0.2, 0) is 0 Å². The van der Waals surface area contributed by atoms with Crippen molar-refractivity contribution in [2.75, 3.05) is 0 Å². The number of rotatable bonds is 1. The summed E-state index contributed by atoms with van der Waals surface area (Å²) in [6.45, 7) is 8.42. The zero-order valence-electron chi connectivity index (χ0n) is 8.26. The molecular formula is C9H13BrN2S. The second-order valence-electron chi connectivity index (χ2n) is 3.80. The van der Waals surface area contributed by atoms with Crippen LogP contribution in [0, 0.1) is 6.92 Å². The van der Waals surface area contributed by atoms with Crippen molar-refractivity contribution in [2.24, 2.45) is 0 Å². The summed E-state index contributed by atoms with van der Waals surface area (Å²) in [5.74, 6) is 0. The molecule has 1 aromatic heterocycles. The van der Waals surface area contributed by atoms with Crippen LogP contribution in [0.25, 0.3) is 0 Å². The predicted octanol–water partition coefficient (Wildman–Crippen LogP) is 3.44. The van der Waals surface area contributed by atoms with Gasteiger partial charge in [-0.15, -0.1) is 0 Å². The molecule has 0 spiro atoms. The van der Waals surface area contributed by atoms with Crippen molar-refractivity contribution in [3.05, 3.63) is 16.4 Å². The van der Waals surface area contributed by atoms with E-state index >= 15 is 0 Å². The van der Waals surface area contributed by atoms with Crippen molar-refractivity contribution < 1.29 is 0 Å². The molecule has 13 heavy (non-hydrogen) atoms. The van der Waals surface area contributed by atoms with Crippen LogP contribution in [0.15, 0.2) is 15.8 Å². The molecule has 0 aliphatic heterocycles. The Labute approximate surface area is 91.7 Å². The lowest BCUT2D eigenvalue weighted by Gasteiger charge is -2.15. The molecule has 72 valence electrons. The molecule has 2 nitrogen and oxygen atoms in total. The zero-order chi connectivity index (χ0) is 10.1. The first-order valence-electron chi connectivity index (χ1n) is 4.06. The smallest absolute Gasteiger partial charge is 0.188 e. The van der Waals surface area contributed by atoms with Crippen molar-refractivity contribution in [2.45, 2.75) is 37.6 Å². The first-order chi connectivity index (χ1) is 5.88. The minimum Gasteiger partial charge on any atom is -0.230 e. The summed E-state index contributed by atoms with van der Waals surface area (Å²) in [6, 6.07) is 0. The number of nitrogens with zero attached hydrogens (tertiary/aromatic N) is 2. The fourth-order valence-corrected chi connectivity index (χ4v) is 1.78. The highest BCUT2D eigenvalue weighted by atomic mass is 79.9. The van der Waals surface area contributed by atoms with Crippen LogP contribution in [0.3, 0.4) is 0 Å². The van der Waals surface area contributed by atoms with Crippen molar-refractivity contribution in [1.82, 2.24) is 9.97 Å². The van der Waals surface area contributed by atoms with Crippen LogP contribution >= 0.6 is 27.7 Å². The Bertz CT molecular complexity index is 307. The third-order valence-corrected chi connectivity index (χ3v) is 3.07. The van der Waals surface area contributed by atoms with Gasteiger partial charge in [0, 0.05) is 10.9 Å². The number of aryl methyl sites for hydroxylation is 1. The van der Waals surface area contributed by atoms with Gasteiger partial charge in [-0.05, 0) is 22.9 Å². The van der Waals surface area contributed by atoms with Crippen LogP contribution in [0.5, 0.6) is 0 Å². The van der Waals surface area contributed by atoms with E-state index in [0.717, 1.165) is 15.3 Å². The maximum atomic E-state index is 4.36. The van der Waals surface area contributed by atoms with E-state index in [-0.39, 0.29) is 4.75 Å². The molecule has 1 heterocycles. The van der Waals surface area contributed by atoms with Gasteiger partial charge in [-0.25, -0.2) is 9.97 Å². The van der Waals surface area contributed by atoms with Gasteiger partial charge in [-0.3, -0.25) is 0 Å². The maximum Gasteiger partial charge on any atom is 0.188 e. The highest BCUT2D eigenvalue weighted by molar-refractivity contribution is 9.10. The molecule has 0 saturated heterocycles. The van der Waals surface area contributed by atoms with E-state index in [9.17, 15) is 0 Å². The average Bonchev–Trinajstić information content (AvgIpc) is 1.94. The molecule has 0 radical (unpaired) electrons. The lowest BCUT2D eigenvalue weighted by Crippen LogP contribution is -2.08. The van der Waals surface area contributed by atoms with Crippen molar-refractivity contribution in [1.29, 1.82) is 0 Å². The van der Waals surface area contributed by atoms with E-state index in [4.69, 9.17) is 0 Å². The predicted molar refractivity (Wildman–Crippen MR) is 60.1 cm³/mol. The summed E-state index contributed by atoms with van der Waals surface area (Å²) < 4.78 is 1.13. The Morgan fingerprint density at radius 1 is 1.38 bits per heavy atom. The first-order valence-corrected chi connectivity index (χ1v) is 5.67. The molecule has 1 rings (SSSR count). The molecule has 0 saturated carbocycles. The van der Waals surface area contributed by atoms with E-state index in [1.54, 1.807) is 18.0 Å². The fourth-order valence-electron chi connectivity index (χ4n) is 0.754. The Morgan fingerprint density at radius 3 is 2.46 bits per heavy atom. The summed E-state index contributed by atoms with van der Waals surface area (Å²) >= 11 is 5.06. The summed E-state index contributed by atoms with van der Waals surface area (Å²) in [5, 5.41) is 0.841. The molecule has 0 aliphatic rings. The first kappa shape index (κ1) is 11.0. The number of aromatic nitrogens is 2. The van der Waals surface area contributed by atoms with E-state index in [1.807, 2.05) is 6.92 Å². The van der Waals surface area contributed by atoms with Crippen LogP contribution in [-0.4, -0.2) is 14.7 Å². The molecule has 0 bridgehead atoms. The lowest BCUT2D eigenvalue weighted by molar-refractivity contribution is 0.788. The van der Waals surface area contributed by atoms with E-state index in [1.165, 1.54) is 0 Å². The van der Waals surface area contributed by atoms with Crippen LogP contribution < -0.4 is 0 Å². The molecule has 0 unspecified atom stereocenters. The summed E-state index contributed by atoms with van der Waals surface area (Å²) in [7, 11) is 0. The van der Waals surface area contributed by atoms with Gasteiger partial charge in [0.15, 0.2) is 5.16 Å². The van der Waals surface area contributed by atoms with Gasteiger partial charge in [-0.2, -0.15) is 0 Å². The quantitative estimate of drug-likeness (QED) is 0.572. The van der Waals surface area contributed by atoms with Crippen molar-refractivity contribution in [3.63, 3.8) is 0 Å². The summed E-state index contributed by atoms with van der Waals surface area (Å²) in [6.07, 6.45) is 1.80. The molecule has 4 heteroatoms. The molecule has 0 aliphatic carbocycles. The van der Waals surface area contributed by atoms with E-state index < -0.39 is 0 Å². The standard InChI is InChI=1S/C9H13BrN2S/c1-6-7(10)5-11-8(12-6)13-9(2,3)4/h5H,1-4H3. The number of halogens is 1. The summed E-state index contributed by atoms with van der Waals surface area (Å²) in [4.78, 5) is 8.59. The molecular weight excluding hydrogens is 248 g/mol. The molecule has 0 N–H and O–H groups in total. The number of hydrogen-bond acceptors (Lipinski definition) is 3. The SMILES string of the molecule is Cc1nc(SC(C)(C)C)ncc1Br. The van der Waals surface area contributed by atoms with Gasteiger partial charge in [0.2, 0.25) is 0 Å². The topological polar surface area (TPSA) is 25.8 Å². The van der Waals surface area contributed by atoms with E-state index in [2.05, 4.69) is 46.7 Å². The summed E-state index contributed by atoms with van der Waals surface area (Å²) in [5.41, 5.74) is 0.988. The minimum absolute atomic E-state index is 0.167. The fraction of sp³-hybridized carbons (Fsp3) is 0.556. The van der Waals surface area contributed by atoms with Crippen LogP contribution in [0.1, 0.15) is 26.5 Å². The second kappa shape index (κ2) is 3.96. The van der Waals surface area contributed by atoms with Gasteiger partial charge in [-0.1, -0.05) is 32.5 Å². The number of hydrogen-bond donors (Lipinski definition) is 0. The Morgan fingerprint density at radius 2 is 2.00 bits per heavy atom. The van der Waals surface area contributed by atoms with Crippen molar-refractivity contribution >= 4 is 27.7 Å². The molecule has 0 aromatic carbocycles. The van der Waals surface area contributed by atoms with Gasteiger partial charge >= 0.3 is 0 Å². The Balaban J connectivity index is 2.86. The van der Waals surface area contributed by atoms with Gasteiger partial charge < -0.3 is 0 Å². The molecule has 0 fully saturated rings. The highest BCUT2D eigenvalue weighted by Crippen LogP contribution is 2.29. The van der Waals surface area contributed by atoms with Crippen LogP contribution in [0.4, 0.5) is 0 Å². The number of thioether (sulfide) groups is 1. The minimum atomic E-state index is 0.167. The molecule has 1 aromatic rings. The van der Waals surface area contributed by atoms with Crippen molar-refractivity contribution in [3.8, 4) is 0 Å². The second-order valence-corrected chi connectivity index (χ2v) is 6.45. The monoisotopic (exact) mass is 260 g/mol.